The molecule has 2 atom stereocenters. The lowest BCUT2D eigenvalue weighted by Crippen LogP contribution is -2.25. The van der Waals surface area contributed by atoms with Crippen LogP contribution in [-0.2, 0) is 9.47 Å². The molecule has 1 saturated heterocycles. The molecule has 3 heterocycles. The minimum atomic E-state index is -0.0644. The summed E-state index contributed by atoms with van der Waals surface area (Å²) in [5, 5.41) is 10.9. The molecular weight excluding hydrogens is 276 g/mol. The maximum Gasteiger partial charge on any atom is 0.189 e. The molecule has 1 aliphatic rings. The number of nitrogens with zero attached hydrogens (tertiary/aromatic N) is 4. The Morgan fingerprint density at radius 1 is 1.55 bits per heavy atom. The van der Waals surface area contributed by atoms with Crippen molar-refractivity contribution in [2.75, 3.05) is 26.6 Å². The van der Waals surface area contributed by atoms with Crippen LogP contribution in [0.25, 0.3) is 11.0 Å². The fourth-order valence-corrected chi connectivity index (χ4v) is 2.84. The third-order valence-corrected chi connectivity index (χ3v) is 4.05. The number of hydrogen-bond donors (Lipinski definition) is 0. The molecule has 0 spiro atoms. The highest BCUT2D eigenvalue weighted by Crippen LogP contribution is 2.29. The first-order valence-corrected chi connectivity index (χ1v) is 7.43. The highest BCUT2D eigenvalue weighted by atomic mass is 32.2. The predicted molar refractivity (Wildman–Crippen MR) is 74.7 cm³/mol. The van der Waals surface area contributed by atoms with Crippen molar-refractivity contribution in [2.45, 2.75) is 17.3 Å². The number of hydrogen-bond acceptors (Lipinski definition) is 6. The van der Waals surface area contributed by atoms with Crippen molar-refractivity contribution < 1.29 is 9.47 Å². The summed E-state index contributed by atoms with van der Waals surface area (Å²) in [4.78, 5) is 8.77. The van der Waals surface area contributed by atoms with E-state index in [4.69, 9.17) is 9.47 Å². The normalized spacial score (nSPS) is 22.2. The molecule has 2 aromatic heterocycles. The summed E-state index contributed by atoms with van der Waals surface area (Å²) in [6.07, 6.45) is 3.62. The molecule has 0 saturated carbocycles. The van der Waals surface area contributed by atoms with Crippen molar-refractivity contribution in [1.82, 2.24) is 14.5 Å². The molecule has 0 amide bonds. The molecule has 20 heavy (non-hydrogen) atoms. The number of nitriles is 1. The second kappa shape index (κ2) is 5.40. The van der Waals surface area contributed by atoms with Crippen molar-refractivity contribution in [3.8, 4) is 6.07 Å². The molecular formula is C13H14N4O2S. The summed E-state index contributed by atoms with van der Waals surface area (Å²) >= 11 is 1.48. The van der Waals surface area contributed by atoms with E-state index in [1.54, 1.807) is 13.3 Å². The summed E-state index contributed by atoms with van der Waals surface area (Å²) in [6, 6.07) is 4.00. The second-order valence-electron chi connectivity index (χ2n) is 4.53. The minimum absolute atomic E-state index is 0.0308. The summed E-state index contributed by atoms with van der Waals surface area (Å²) in [5.74, 6) is 0. The maximum absolute atomic E-state index is 9.36. The number of rotatable bonds is 3. The molecule has 1 aliphatic heterocycles. The minimum Gasteiger partial charge on any atom is -0.377 e. The molecule has 0 radical (unpaired) electrons. The van der Waals surface area contributed by atoms with E-state index in [0.29, 0.717) is 24.1 Å². The monoisotopic (exact) mass is 290 g/mol. The molecule has 0 N–H and O–H groups in total. The van der Waals surface area contributed by atoms with Crippen LogP contribution in [0.2, 0.25) is 0 Å². The van der Waals surface area contributed by atoms with Crippen LogP contribution in [-0.4, -0.2) is 47.2 Å². The number of aromatic nitrogens is 3. The van der Waals surface area contributed by atoms with Crippen LogP contribution in [0.4, 0.5) is 0 Å². The van der Waals surface area contributed by atoms with Gasteiger partial charge in [0.15, 0.2) is 5.16 Å². The zero-order valence-electron chi connectivity index (χ0n) is 11.2. The molecule has 1 fully saturated rings. The van der Waals surface area contributed by atoms with Gasteiger partial charge in [-0.25, -0.2) is 9.97 Å². The van der Waals surface area contributed by atoms with Gasteiger partial charge in [0.05, 0.1) is 19.3 Å². The molecule has 2 aromatic rings. The topological polar surface area (TPSA) is 73.0 Å². The summed E-state index contributed by atoms with van der Waals surface area (Å²) in [6.45, 7) is 1.06. The Labute approximate surface area is 120 Å². The van der Waals surface area contributed by atoms with Gasteiger partial charge in [0, 0.05) is 18.7 Å². The third kappa shape index (κ3) is 2.06. The molecule has 0 bridgehead atoms. The summed E-state index contributed by atoms with van der Waals surface area (Å²) < 4.78 is 12.8. The average Bonchev–Trinajstić information content (AvgIpc) is 3.08. The number of ether oxygens (including phenoxy) is 2. The highest BCUT2D eigenvalue weighted by molar-refractivity contribution is 7.98. The number of methoxy groups -OCH3 is 1. The van der Waals surface area contributed by atoms with Gasteiger partial charge in [-0.2, -0.15) is 5.26 Å². The van der Waals surface area contributed by atoms with Gasteiger partial charge < -0.3 is 14.0 Å². The van der Waals surface area contributed by atoms with E-state index < -0.39 is 0 Å². The molecule has 1 unspecified atom stereocenters. The molecule has 0 aromatic carbocycles. The van der Waals surface area contributed by atoms with Gasteiger partial charge in [0.25, 0.3) is 0 Å². The van der Waals surface area contributed by atoms with E-state index in [1.807, 2.05) is 16.9 Å². The van der Waals surface area contributed by atoms with Crippen molar-refractivity contribution >= 4 is 22.8 Å². The van der Waals surface area contributed by atoms with E-state index in [2.05, 4.69) is 16.0 Å². The van der Waals surface area contributed by atoms with Crippen LogP contribution in [0.5, 0.6) is 0 Å². The van der Waals surface area contributed by atoms with Crippen molar-refractivity contribution in [3.63, 3.8) is 0 Å². The fraction of sp³-hybridized carbons (Fsp3) is 0.462. The maximum atomic E-state index is 9.36. The fourth-order valence-electron chi connectivity index (χ4n) is 2.50. The van der Waals surface area contributed by atoms with Gasteiger partial charge in [-0.05, 0) is 12.3 Å². The lowest BCUT2D eigenvalue weighted by atomic mass is 10.2. The summed E-state index contributed by atoms with van der Waals surface area (Å²) in [7, 11) is 1.66. The van der Waals surface area contributed by atoms with Gasteiger partial charge in [0.2, 0.25) is 0 Å². The number of thioether (sulfide) groups is 1. The predicted octanol–water partition coefficient (Wildman–Crippen LogP) is 1.61. The molecule has 6 nitrogen and oxygen atoms in total. The van der Waals surface area contributed by atoms with Crippen molar-refractivity contribution in [2.24, 2.45) is 0 Å². The Hall–Kier alpha value is -1.62. The zero-order valence-corrected chi connectivity index (χ0v) is 12.1. The molecule has 7 heteroatoms. The van der Waals surface area contributed by atoms with Crippen LogP contribution >= 0.6 is 11.8 Å². The smallest absolute Gasteiger partial charge is 0.189 e. The standard InChI is InChI=1S/C13H14N4O2S/c1-18-11-7-19-6-10(11)17-9(4-14)3-8-5-15-13(20-2)16-12(8)17/h3,5,10-11H,6-7H2,1-2H3/t10?,11-/m1/s1. The Kier molecular flexibility index (Phi) is 3.61. The van der Waals surface area contributed by atoms with Crippen LogP contribution in [0, 0.1) is 11.3 Å². The van der Waals surface area contributed by atoms with Crippen LogP contribution in [0.3, 0.4) is 0 Å². The van der Waals surface area contributed by atoms with Gasteiger partial charge in [-0.15, -0.1) is 0 Å². The van der Waals surface area contributed by atoms with Crippen LogP contribution in [0.15, 0.2) is 17.4 Å². The zero-order chi connectivity index (χ0) is 14.1. The molecule has 3 rings (SSSR count). The van der Waals surface area contributed by atoms with E-state index in [9.17, 15) is 5.26 Å². The SMILES string of the molecule is CO[C@@H]1COCC1n1c(C#N)cc2cnc(SC)nc21. The second-order valence-corrected chi connectivity index (χ2v) is 5.30. The van der Waals surface area contributed by atoms with E-state index in [-0.39, 0.29) is 12.1 Å². The Morgan fingerprint density at radius 3 is 3.10 bits per heavy atom. The van der Waals surface area contributed by atoms with Gasteiger partial charge in [-0.3, -0.25) is 0 Å². The average molecular weight is 290 g/mol. The first kappa shape index (κ1) is 13.4. The van der Waals surface area contributed by atoms with Crippen molar-refractivity contribution in [3.05, 3.63) is 18.0 Å². The van der Waals surface area contributed by atoms with Crippen molar-refractivity contribution in [1.29, 1.82) is 5.26 Å². The largest absolute Gasteiger partial charge is 0.377 e. The lowest BCUT2D eigenvalue weighted by molar-refractivity contribution is 0.0690. The van der Waals surface area contributed by atoms with E-state index >= 15 is 0 Å². The van der Waals surface area contributed by atoms with Crippen LogP contribution < -0.4 is 0 Å². The van der Waals surface area contributed by atoms with Gasteiger partial charge in [0.1, 0.15) is 23.5 Å². The molecule has 104 valence electrons. The quantitative estimate of drug-likeness (QED) is 0.631. The third-order valence-electron chi connectivity index (χ3n) is 3.49. The highest BCUT2D eigenvalue weighted by Gasteiger charge is 2.32. The lowest BCUT2D eigenvalue weighted by Gasteiger charge is -2.19. The van der Waals surface area contributed by atoms with E-state index in [0.717, 1.165) is 11.0 Å². The molecule has 0 aliphatic carbocycles. The first-order chi connectivity index (χ1) is 9.78. The Morgan fingerprint density at radius 2 is 2.40 bits per heavy atom. The summed E-state index contributed by atoms with van der Waals surface area (Å²) in [5.41, 5.74) is 1.32. The Bertz CT molecular complexity index is 679. The first-order valence-electron chi connectivity index (χ1n) is 6.21. The van der Waals surface area contributed by atoms with E-state index in [1.165, 1.54) is 11.8 Å². The van der Waals surface area contributed by atoms with Gasteiger partial charge in [-0.1, -0.05) is 11.8 Å². The van der Waals surface area contributed by atoms with Gasteiger partial charge >= 0.3 is 0 Å². The van der Waals surface area contributed by atoms with Crippen LogP contribution in [0.1, 0.15) is 11.7 Å². The Balaban J connectivity index is 2.19. The number of fused-ring (bicyclic) bond motifs is 1.